The van der Waals surface area contributed by atoms with Gasteiger partial charge in [-0.2, -0.15) is 0 Å². The predicted octanol–water partition coefficient (Wildman–Crippen LogP) is 0.513. The Balaban J connectivity index is 2.05. The third-order valence-electron chi connectivity index (χ3n) is 6.01. The summed E-state index contributed by atoms with van der Waals surface area (Å²) in [5.41, 5.74) is 0. The first-order valence-corrected chi connectivity index (χ1v) is 18.5. The maximum absolute atomic E-state index is 2.61. The zero-order chi connectivity index (χ0) is 14.9. The summed E-state index contributed by atoms with van der Waals surface area (Å²) in [7, 11) is 0. The van der Waals surface area contributed by atoms with Gasteiger partial charge in [0.25, 0.3) is 0 Å². The summed E-state index contributed by atoms with van der Waals surface area (Å²) in [5, 5.41) is 0. The van der Waals surface area contributed by atoms with Crippen molar-refractivity contribution < 1.29 is 0 Å². The van der Waals surface area contributed by atoms with Crippen LogP contribution < -0.4 is 26.4 Å². The van der Waals surface area contributed by atoms with Crippen molar-refractivity contribution in [2.24, 2.45) is 0 Å². The Labute approximate surface area is 136 Å². The van der Waals surface area contributed by atoms with Crippen LogP contribution in [-0.4, -0.2) is 26.5 Å². The molecule has 0 fully saturated rings. The van der Waals surface area contributed by atoms with Crippen LogP contribution >= 0.6 is 0 Å². The van der Waals surface area contributed by atoms with Crippen LogP contribution in [0.3, 0.4) is 0 Å². The van der Waals surface area contributed by atoms with Gasteiger partial charge in [-0.25, -0.2) is 0 Å². The SMILES string of the molecule is [CH3][Ge]12[c]3cccc[c]3[Ge]([CH3])([c]3cccc[c]31)[c]1cccc[c]12. The van der Waals surface area contributed by atoms with Gasteiger partial charge in [-0.15, -0.1) is 0 Å². The van der Waals surface area contributed by atoms with E-state index in [1.54, 1.807) is 26.4 Å². The molecular weight excluding hydrogens is 385 g/mol. The first-order valence-electron chi connectivity index (χ1n) is 7.98. The fourth-order valence-electron chi connectivity index (χ4n) is 4.94. The van der Waals surface area contributed by atoms with Gasteiger partial charge in [0, 0.05) is 0 Å². The fraction of sp³-hybridized carbons (Fsp3) is 0.100. The number of hydrogen-bond acceptors (Lipinski definition) is 0. The van der Waals surface area contributed by atoms with Crippen LogP contribution in [0.1, 0.15) is 0 Å². The van der Waals surface area contributed by atoms with Gasteiger partial charge in [-0.3, -0.25) is 0 Å². The normalized spacial score (nSPS) is 27.0. The molecule has 0 radical (unpaired) electrons. The Kier molecular flexibility index (Phi) is 2.51. The second kappa shape index (κ2) is 4.18. The number of rotatable bonds is 0. The van der Waals surface area contributed by atoms with Crippen LogP contribution in [0.4, 0.5) is 0 Å². The minimum atomic E-state index is -2.44. The Morgan fingerprint density at radius 3 is 0.773 bits per heavy atom. The Hall–Kier alpha value is -1.25. The monoisotopic (exact) mass is 406 g/mol. The second-order valence-electron chi connectivity index (χ2n) is 6.89. The van der Waals surface area contributed by atoms with E-state index in [1.807, 2.05) is 0 Å². The molecule has 3 aromatic carbocycles. The first kappa shape index (κ1) is 13.2. The molecule has 3 aliphatic heterocycles. The molecule has 0 saturated heterocycles. The van der Waals surface area contributed by atoms with E-state index in [0.717, 1.165) is 0 Å². The second-order valence-corrected chi connectivity index (χ2v) is 23.1. The van der Waals surface area contributed by atoms with Crippen LogP contribution in [-0.2, 0) is 0 Å². The van der Waals surface area contributed by atoms with Crippen molar-refractivity contribution in [3.05, 3.63) is 72.8 Å². The molecule has 3 aliphatic rings. The topological polar surface area (TPSA) is 0 Å². The fourth-order valence-corrected chi connectivity index (χ4v) is 38.2. The first-order chi connectivity index (χ1) is 10.7. The van der Waals surface area contributed by atoms with Gasteiger partial charge < -0.3 is 0 Å². The molecule has 2 heteroatoms. The molecule has 3 aromatic rings. The van der Waals surface area contributed by atoms with Gasteiger partial charge in [0.1, 0.15) is 0 Å². The standard InChI is InChI=1S/C20H18Ge2/c1-21-15-9-3-6-12-18(15)22(2,19-13-7-4-10-16(19)21)20-14-8-5-11-17(20)21/h3-14H,1-2H3. The third kappa shape index (κ3) is 1.29. The van der Waals surface area contributed by atoms with Crippen molar-refractivity contribution in [3.63, 3.8) is 0 Å². The predicted molar refractivity (Wildman–Crippen MR) is 100 cm³/mol. The van der Waals surface area contributed by atoms with Gasteiger partial charge in [0.2, 0.25) is 0 Å². The van der Waals surface area contributed by atoms with Crippen LogP contribution in [0.5, 0.6) is 0 Å². The van der Waals surface area contributed by atoms with Gasteiger partial charge in [0.15, 0.2) is 0 Å². The zero-order valence-corrected chi connectivity index (χ0v) is 17.1. The third-order valence-corrected chi connectivity index (χ3v) is 28.4. The van der Waals surface area contributed by atoms with Gasteiger partial charge in [-0.05, 0) is 0 Å². The minimum absolute atomic E-state index is 1.74. The average Bonchev–Trinajstić information content (AvgIpc) is 2.59. The van der Waals surface area contributed by atoms with E-state index in [4.69, 9.17) is 0 Å². The molecule has 0 aromatic heterocycles. The summed E-state index contributed by atoms with van der Waals surface area (Å²) in [6.45, 7) is 0. The van der Waals surface area contributed by atoms with E-state index in [-0.39, 0.29) is 0 Å². The van der Waals surface area contributed by atoms with Crippen molar-refractivity contribution in [1.82, 2.24) is 0 Å². The van der Waals surface area contributed by atoms with Crippen molar-refractivity contribution in [1.29, 1.82) is 0 Å². The Bertz CT molecular complexity index is 733. The summed E-state index contributed by atoms with van der Waals surface area (Å²) in [4.78, 5) is 0. The van der Waals surface area contributed by atoms with Crippen molar-refractivity contribution in [2.75, 3.05) is 0 Å². The van der Waals surface area contributed by atoms with E-state index in [9.17, 15) is 0 Å². The number of hydrogen-bond donors (Lipinski definition) is 0. The van der Waals surface area contributed by atoms with Crippen molar-refractivity contribution >= 4 is 52.9 Å². The average molecular weight is 404 g/mol. The van der Waals surface area contributed by atoms with E-state index >= 15 is 0 Å². The molecule has 0 atom stereocenters. The quantitative estimate of drug-likeness (QED) is 0.480. The van der Waals surface area contributed by atoms with Crippen LogP contribution in [0, 0.1) is 0 Å². The molecule has 0 saturated carbocycles. The molecule has 2 bridgehead atoms. The maximum atomic E-state index is 2.61. The Morgan fingerprint density at radius 2 is 0.591 bits per heavy atom. The van der Waals surface area contributed by atoms with E-state index in [0.29, 0.717) is 0 Å². The molecule has 106 valence electrons. The summed E-state index contributed by atoms with van der Waals surface area (Å²) < 4.78 is 10.4. The van der Waals surface area contributed by atoms with Gasteiger partial charge >= 0.3 is 137 Å². The van der Waals surface area contributed by atoms with Crippen LogP contribution in [0.2, 0.25) is 11.5 Å². The van der Waals surface area contributed by atoms with E-state index < -0.39 is 26.5 Å². The van der Waals surface area contributed by atoms with Crippen LogP contribution in [0.25, 0.3) is 0 Å². The summed E-state index contributed by atoms with van der Waals surface area (Å²) in [5.74, 6) is 5.22. The molecule has 6 rings (SSSR count). The summed E-state index contributed by atoms with van der Waals surface area (Å²) in [6, 6.07) is 28.2. The molecule has 0 nitrogen and oxygen atoms in total. The van der Waals surface area contributed by atoms with Crippen molar-refractivity contribution in [3.8, 4) is 0 Å². The van der Waals surface area contributed by atoms with Gasteiger partial charge in [-0.1, -0.05) is 0 Å². The molecule has 3 heterocycles. The summed E-state index contributed by atoms with van der Waals surface area (Å²) >= 11 is -4.88. The van der Waals surface area contributed by atoms with Crippen molar-refractivity contribution in [2.45, 2.75) is 11.5 Å². The Morgan fingerprint density at radius 1 is 0.409 bits per heavy atom. The molecule has 0 amide bonds. The zero-order valence-electron chi connectivity index (χ0n) is 12.9. The van der Waals surface area contributed by atoms with E-state index in [2.05, 4.69) is 84.3 Å². The molecule has 22 heavy (non-hydrogen) atoms. The number of benzene rings is 3. The molecule has 0 unspecified atom stereocenters. The molecular formula is C20H18Ge2. The summed E-state index contributed by atoms with van der Waals surface area (Å²) in [6.07, 6.45) is 0. The van der Waals surface area contributed by atoms with Crippen LogP contribution in [0.15, 0.2) is 72.8 Å². The molecule has 0 spiro atoms. The van der Waals surface area contributed by atoms with Gasteiger partial charge in [0.05, 0.1) is 0 Å². The molecule has 0 N–H and O–H groups in total. The van der Waals surface area contributed by atoms with E-state index in [1.165, 1.54) is 0 Å². The molecule has 0 aliphatic carbocycles.